The number of hydrogen-bond donors (Lipinski definition) is 2. The first-order chi connectivity index (χ1) is 12.6. The smallest absolute Gasteiger partial charge is 0.274 e. The minimum atomic E-state index is -0.326. The molecule has 132 valence electrons. The Morgan fingerprint density at radius 3 is 2.38 bits per heavy atom. The van der Waals surface area contributed by atoms with Gasteiger partial charge in [0.1, 0.15) is 23.1 Å². The van der Waals surface area contributed by atoms with Crippen molar-refractivity contribution in [1.29, 1.82) is 0 Å². The third-order valence-corrected chi connectivity index (χ3v) is 3.83. The second-order valence-electron chi connectivity index (χ2n) is 5.78. The summed E-state index contributed by atoms with van der Waals surface area (Å²) in [5.41, 5.74) is 2.88. The molecular weight excluding hydrogens is 328 g/mol. The minimum Gasteiger partial charge on any atom is -0.495 e. The van der Waals surface area contributed by atoms with E-state index >= 15 is 0 Å². The summed E-state index contributed by atoms with van der Waals surface area (Å²) in [6, 6.07) is 16.7. The predicted octanol–water partition coefficient (Wildman–Crippen LogP) is 4.10. The van der Waals surface area contributed by atoms with E-state index in [2.05, 4.69) is 20.6 Å². The lowest BCUT2D eigenvalue weighted by Crippen LogP contribution is -2.16. The van der Waals surface area contributed by atoms with E-state index in [1.165, 1.54) is 0 Å². The van der Waals surface area contributed by atoms with E-state index in [9.17, 15) is 4.79 Å². The van der Waals surface area contributed by atoms with Gasteiger partial charge in [0.05, 0.1) is 12.8 Å². The molecule has 0 aliphatic heterocycles. The van der Waals surface area contributed by atoms with Gasteiger partial charge in [-0.15, -0.1) is 0 Å². The van der Waals surface area contributed by atoms with Gasteiger partial charge in [0.25, 0.3) is 5.91 Å². The Bertz CT molecular complexity index is 941. The van der Waals surface area contributed by atoms with Gasteiger partial charge in [0.2, 0.25) is 0 Å². The van der Waals surface area contributed by atoms with Crippen LogP contribution in [0.2, 0.25) is 0 Å². The van der Waals surface area contributed by atoms with Crippen molar-refractivity contribution in [1.82, 2.24) is 9.97 Å². The van der Waals surface area contributed by atoms with Gasteiger partial charge in [-0.1, -0.05) is 30.3 Å². The number of aromatic nitrogens is 2. The molecule has 3 aromatic rings. The second kappa shape index (κ2) is 7.65. The summed E-state index contributed by atoms with van der Waals surface area (Å²) in [7, 11) is 1.56. The van der Waals surface area contributed by atoms with Gasteiger partial charge >= 0.3 is 0 Å². The van der Waals surface area contributed by atoms with Crippen LogP contribution in [0.3, 0.4) is 0 Å². The number of rotatable bonds is 5. The maximum Gasteiger partial charge on any atom is 0.274 e. The molecule has 0 aliphatic rings. The maximum absolute atomic E-state index is 12.6. The van der Waals surface area contributed by atoms with Gasteiger partial charge in [-0.3, -0.25) is 4.79 Å². The van der Waals surface area contributed by atoms with Crippen LogP contribution < -0.4 is 15.4 Å². The summed E-state index contributed by atoms with van der Waals surface area (Å²) in [5, 5.41) is 6.06. The van der Waals surface area contributed by atoms with Crippen molar-refractivity contribution in [3.05, 3.63) is 71.7 Å². The van der Waals surface area contributed by atoms with Crippen molar-refractivity contribution in [2.24, 2.45) is 0 Å². The first-order valence-corrected chi connectivity index (χ1v) is 8.19. The van der Waals surface area contributed by atoms with Gasteiger partial charge in [0, 0.05) is 11.8 Å². The number of aryl methyl sites for hydroxylation is 2. The average Bonchev–Trinajstić information content (AvgIpc) is 2.63. The fraction of sp³-hybridized carbons (Fsp3) is 0.150. The van der Waals surface area contributed by atoms with Gasteiger partial charge < -0.3 is 15.4 Å². The van der Waals surface area contributed by atoms with E-state index in [1.54, 1.807) is 32.2 Å². The molecule has 6 heteroatoms. The number of carbonyl (C=O) groups excluding carboxylic acids is 1. The number of carbonyl (C=O) groups is 1. The summed E-state index contributed by atoms with van der Waals surface area (Å²) in [5.74, 6) is 1.34. The molecule has 0 spiro atoms. The van der Waals surface area contributed by atoms with Crippen LogP contribution in [0, 0.1) is 13.8 Å². The van der Waals surface area contributed by atoms with E-state index < -0.39 is 0 Å². The van der Waals surface area contributed by atoms with Crippen LogP contribution in [-0.4, -0.2) is 23.0 Å². The van der Waals surface area contributed by atoms with Gasteiger partial charge in [-0.05, 0) is 37.6 Å². The molecule has 0 radical (unpaired) electrons. The molecule has 2 aromatic carbocycles. The van der Waals surface area contributed by atoms with Crippen LogP contribution in [0.4, 0.5) is 17.2 Å². The molecule has 1 aromatic heterocycles. The second-order valence-corrected chi connectivity index (χ2v) is 5.78. The maximum atomic E-state index is 12.6. The highest BCUT2D eigenvalue weighted by molar-refractivity contribution is 6.04. The van der Waals surface area contributed by atoms with Crippen LogP contribution in [0.15, 0.2) is 54.6 Å². The zero-order valence-corrected chi connectivity index (χ0v) is 14.9. The molecule has 1 heterocycles. The van der Waals surface area contributed by atoms with Crippen molar-refractivity contribution in [3.63, 3.8) is 0 Å². The largest absolute Gasteiger partial charge is 0.495 e. The average molecular weight is 348 g/mol. The molecule has 0 bridgehead atoms. The highest BCUT2D eigenvalue weighted by Crippen LogP contribution is 2.24. The summed E-state index contributed by atoms with van der Waals surface area (Å²) >= 11 is 0. The van der Waals surface area contributed by atoms with Gasteiger partial charge in [0.15, 0.2) is 0 Å². The quantitative estimate of drug-likeness (QED) is 0.726. The molecule has 0 unspecified atom stereocenters. The van der Waals surface area contributed by atoms with Gasteiger partial charge in [-0.25, -0.2) is 9.97 Å². The highest BCUT2D eigenvalue weighted by atomic mass is 16.5. The lowest BCUT2D eigenvalue weighted by Gasteiger charge is -2.12. The van der Waals surface area contributed by atoms with Crippen molar-refractivity contribution in [3.8, 4) is 5.75 Å². The first kappa shape index (κ1) is 17.4. The monoisotopic (exact) mass is 348 g/mol. The molecular formula is C20H20N4O2. The number of anilines is 3. The molecule has 0 saturated heterocycles. The summed E-state index contributed by atoms with van der Waals surface area (Å²) in [4.78, 5) is 21.2. The standard InChI is InChI=1S/C20H20N4O2/c1-13-8-4-5-9-15(13)23-19-12-17(21-14(2)22-19)20(25)24-16-10-6-7-11-18(16)26-3/h4-12H,1-3H3,(H,24,25)(H,21,22,23). The van der Waals surface area contributed by atoms with Crippen LogP contribution in [0.1, 0.15) is 21.9 Å². The fourth-order valence-electron chi connectivity index (χ4n) is 2.53. The molecule has 3 rings (SSSR count). The molecule has 26 heavy (non-hydrogen) atoms. The van der Waals surface area contributed by atoms with E-state index in [-0.39, 0.29) is 11.6 Å². The number of nitrogens with zero attached hydrogens (tertiary/aromatic N) is 2. The Kier molecular flexibility index (Phi) is 5.12. The van der Waals surface area contributed by atoms with Crippen LogP contribution in [0.5, 0.6) is 5.75 Å². The number of para-hydroxylation sites is 3. The lowest BCUT2D eigenvalue weighted by molar-refractivity contribution is 0.102. The minimum absolute atomic E-state index is 0.277. The summed E-state index contributed by atoms with van der Waals surface area (Å²) in [6.07, 6.45) is 0. The van der Waals surface area contributed by atoms with Crippen LogP contribution in [0.25, 0.3) is 0 Å². The van der Waals surface area contributed by atoms with Crippen molar-refractivity contribution in [2.75, 3.05) is 17.7 Å². The predicted molar refractivity (Wildman–Crippen MR) is 102 cm³/mol. The lowest BCUT2D eigenvalue weighted by atomic mass is 10.2. The zero-order chi connectivity index (χ0) is 18.5. The summed E-state index contributed by atoms with van der Waals surface area (Å²) in [6.45, 7) is 3.76. The van der Waals surface area contributed by atoms with E-state index in [0.29, 0.717) is 23.1 Å². The number of nitrogens with one attached hydrogen (secondary N) is 2. The molecule has 0 aliphatic carbocycles. The number of methoxy groups -OCH3 is 1. The molecule has 0 atom stereocenters. The molecule has 2 N–H and O–H groups in total. The number of ether oxygens (including phenoxy) is 1. The third-order valence-electron chi connectivity index (χ3n) is 3.83. The van der Waals surface area contributed by atoms with Crippen molar-refractivity contribution in [2.45, 2.75) is 13.8 Å². The third kappa shape index (κ3) is 3.97. The number of benzene rings is 2. The Labute approximate surface area is 152 Å². The van der Waals surface area contributed by atoms with Crippen molar-refractivity contribution < 1.29 is 9.53 Å². The highest BCUT2D eigenvalue weighted by Gasteiger charge is 2.13. The zero-order valence-electron chi connectivity index (χ0n) is 14.9. The molecule has 0 fully saturated rings. The molecule has 6 nitrogen and oxygen atoms in total. The van der Waals surface area contributed by atoms with Crippen LogP contribution in [-0.2, 0) is 0 Å². The van der Waals surface area contributed by atoms with Gasteiger partial charge in [-0.2, -0.15) is 0 Å². The molecule has 1 amide bonds. The number of hydrogen-bond acceptors (Lipinski definition) is 5. The van der Waals surface area contributed by atoms with Crippen LogP contribution >= 0.6 is 0 Å². The fourth-order valence-corrected chi connectivity index (χ4v) is 2.53. The van der Waals surface area contributed by atoms with E-state index in [1.807, 2.05) is 43.3 Å². The normalized spacial score (nSPS) is 10.3. The van der Waals surface area contributed by atoms with E-state index in [4.69, 9.17) is 4.74 Å². The Hall–Kier alpha value is -3.41. The Balaban J connectivity index is 1.85. The number of amides is 1. The van der Waals surface area contributed by atoms with E-state index in [0.717, 1.165) is 11.3 Å². The van der Waals surface area contributed by atoms with Crippen molar-refractivity contribution >= 4 is 23.1 Å². The summed E-state index contributed by atoms with van der Waals surface area (Å²) < 4.78 is 5.26. The topological polar surface area (TPSA) is 76.1 Å². The Morgan fingerprint density at radius 1 is 0.962 bits per heavy atom. The molecule has 0 saturated carbocycles. The SMILES string of the molecule is COc1ccccc1NC(=O)c1cc(Nc2ccccc2C)nc(C)n1. The Morgan fingerprint density at radius 2 is 1.65 bits per heavy atom. The first-order valence-electron chi connectivity index (χ1n) is 8.19.